The Kier molecular flexibility index (Phi) is 4.52. The molecule has 0 spiro atoms. The maximum Gasteiger partial charge on any atom is 0.340 e. The largest absolute Gasteiger partial charge is 0.462 e. The summed E-state index contributed by atoms with van der Waals surface area (Å²) in [5.41, 5.74) is 7.53. The van der Waals surface area contributed by atoms with Crippen molar-refractivity contribution in [1.29, 1.82) is 0 Å². The van der Waals surface area contributed by atoms with Crippen molar-refractivity contribution in [3.8, 4) is 0 Å². The number of nitrogens with one attached hydrogen (secondary N) is 1. The van der Waals surface area contributed by atoms with Crippen molar-refractivity contribution in [2.45, 2.75) is 20.4 Å². The van der Waals surface area contributed by atoms with Crippen LogP contribution >= 0.6 is 11.3 Å². The molecule has 0 bridgehead atoms. The predicted octanol–water partition coefficient (Wildman–Crippen LogP) is 2.22. The first kappa shape index (κ1) is 14.3. The normalized spacial score (nSPS) is 10.3. The topological polar surface area (TPSA) is 90.1 Å². The van der Waals surface area contributed by atoms with Gasteiger partial charge >= 0.3 is 5.97 Å². The van der Waals surface area contributed by atoms with Gasteiger partial charge in [-0.15, -0.1) is 11.3 Å². The lowest BCUT2D eigenvalue weighted by Crippen LogP contribution is -2.11. The van der Waals surface area contributed by atoms with Gasteiger partial charge in [-0.3, -0.25) is 0 Å². The summed E-state index contributed by atoms with van der Waals surface area (Å²) in [5.74, 6) is 0.0175. The molecule has 2 heterocycles. The van der Waals surface area contributed by atoms with Gasteiger partial charge in [-0.25, -0.2) is 14.8 Å². The quantitative estimate of drug-likeness (QED) is 0.821. The highest BCUT2D eigenvalue weighted by molar-refractivity contribution is 7.09. The Morgan fingerprint density at radius 3 is 3.00 bits per heavy atom. The number of carbonyl (C=O) groups is 1. The Balaban J connectivity index is 2.12. The molecular weight excluding hydrogens is 276 g/mol. The minimum atomic E-state index is -0.444. The number of hydrogen-bond donors (Lipinski definition) is 2. The lowest BCUT2D eigenvalue weighted by atomic mass is 10.2. The number of rotatable bonds is 5. The Hall–Kier alpha value is -2.15. The number of ether oxygens (including phenoxy) is 1. The van der Waals surface area contributed by atoms with Crippen molar-refractivity contribution < 1.29 is 9.53 Å². The van der Waals surface area contributed by atoms with Gasteiger partial charge < -0.3 is 15.8 Å². The van der Waals surface area contributed by atoms with Gasteiger partial charge in [0.25, 0.3) is 0 Å². The molecule has 2 rings (SSSR count). The maximum atomic E-state index is 11.7. The molecule has 106 valence electrons. The molecule has 0 atom stereocenters. The van der Waals surface area contributed by atoms with Crippen LogP contribution in [0.25, 0.3) is 0 Å². The first-order valence-corrected chi connectivity index (χ1v) is 7.06. The summed E-state index contributed by atoms with van der Waals surface area (Å²) < 4.78 is 4.95. The number of nitrogens with zero attached hydrogens (tertiary/aromatic N) is 2. The van der Waals surface area contributed by atoms with E-state index in [0.29, 0.717) is 30.2 Å². The van der Waals surface area contributed by atoms with Crippen LogP contribution in [0.5, 0.6) is 0 Å². The molecular formula is C13H16N4O2S. The minimum absolute atomic E-state index is 0.291. The van der Waals surface area contributed by atoms with Crippen molar-refractivity contribution in [3.63, 3.8) is 0 Å². The number of aromatic nitrogens is 2. The zero-order valence-corrected chi connectivity index (χ0v) is 12.2. The van der Waals surface area contributed by atoms with Crippen molar-refractivity contribution >= 4 is 28.8 Å². The second-order valence-corrected chi connectivity index (χ2v) is 5.02. The monoisotopic (exact) mass is 292 g/mol. The number of esters is 1. The molecule has 0 fully saturated rings. The third-order valence-electron chi connectivity index (χ3n) is 2.56. The third kappa shape index (κ3) is 3.24. The van der Waals surface area contributed by atoms with E-state index in [1.165, 1.54) is 6.20 Å². The van der Waals surface area contributed by atoms with E-state index >= 15 is 0 Å². The second kappa shape index (κ2) is 6.33. The molecule has 0 aliphatic heterocycles. The molecule has 0 aliphatic rings. The van der Waals surface area contributed by atoms with Gasteiger partial charge in [0.2, 0.25) is 0 Å². The standard InChI is InChI=1S/C13H16N4O2S/c1-3-19-13(18)9-4-5-15-12(11(9)14)16-6-10-17-8(2)7-20-10/h4-5,7H,3,6,14H2,1-2H3,(H,15,16). The molecule has 0 saturated heterocycles. The molecule has 20 heavy (non-hydrogen) atoms. The summed E-state index contributed by atoms with van der Waals surface area (Å²) >= 11 is 1.56. The van der Waals surface area contributed by atoms with Crippen LogP contribution in [0.15, 0.2) is 17.6 Å². The van der Waals surface area contributed by atoms with E-state index in [2.05, 4.69) is 15.3 Å². The maximum absolute atomic E-state index is 11.7. The van der Waals surface area contributed by atoms with E-state index < -0.39 is 5.97 Å². The van der Waals surface area contributed by atoms with Crippen LogP contribution < -0.4 is 11.1 Å². The lowest BCUT2D eigenvalue weighted by molar-refractivity contribution is 0.0527. The van der Waals surface area contributed by atoms with Crippen LogP contribution in [0, 0.1) is 6.92 Å². The molecule has 2 aromatic heterocycles. The minimum Gasteiger partial charge on any atom is -0.462 e. The number of pyridine rings is 1. The fraction of sp³-hybridized carbons (Fsp3) is 0.308. The number of thiazole rings is 1. The molecule has 7 heteroatoms. The Bertz CT molecular complexity index is 612. The first-order valence-electron chi connectivity index (χ1n) is 6.18. The van der Waals surface area contributed by atoms with Crippen LogP contribution in [0.3, 0.4) is 0 Å². The zero-order chi connectivity index (χ0) is 14.5. The van der Waals surface area contributed by atoms with Gasteiger partial charge in [-0.05, 0) is 19.9 Å². The fourth-order valence-electron chi connectivity index (χ4n) is 1.64. The van der Waals surface area contributed by atoms with Crippen LogP contribution in [-0.4, -0.2) is 22.5 Å². The van der Waals surface area contributed by atoms with E-state index in [4.69, 9.17) is 10.5 Å². The fourth-order valence-corrected chi connectivity index (χ4v) is 2.36. The molecule has 0 amide bonds. The first-order chi connectivity index (χ1) is 9.61. The van der Waals surface area contributed by atoms with Gasteiger partial charge in [-0.2, -0.15) is 0 Å². The zero-order valence-electron chi connectivity index (χ0n) is 11.3. The van der Waals surface area contributed by atoms with Crippen molar-refractivity contribution in [3.05, 3.63) is 33.9 Å². The summed E-state index contributed by atoms with van der Waals surface area (Å²) in [6, 6.07) is 1.55. The van der Waals surface area contributed by atoms with Crippen molar-refractivity contribution in [2.24, 2.45) is 0 Å². The Morgan fingerprint density at radius 2 is 2.35 bits per heavy atom. The second-order valence-electron chi connectivity index (χ2n) is 4.08. The number of anilines is 2. The number of nitrogen functional groups attached to an aromatic ring is 1. The van der Waals surface area contributed by atoms with E-state index in [0.717, 1.165) is 10.7 Å². The van der Waals surface area contributed by atoms with E-state index in [-0.39, 0.29) is 0 Å². The molecule has 0 radical (unpaired) electrons. The lowest BCUT2D eigenvalue weighted by Gasteiger charge is -2.10. The molecule has 0 unspecified atom stereocenters. The smallest absolute Gasteiger partial charge is 0.340 e. The Morgan fingerprint density at radius 1 is 1.55 bits per heavy atom. The van der Waals surface area contributed by atoms with Gasteiger partial charge in [0.1, 0.15) is 10.8 Å². The van der Waals surface area contributed by atoms with Gasteiger partial charge in [0.05, 0.1) is 24.4 Å². The number of carbonyl (C=O) groups excluding carboxylic acids is 1. The molecule has 3 N–H and O–H groups in total. The number of hydrogen-bond acceptors (Lipinski definition) is 7. The highest BCUT2D eigenvalue weighted by atomic mass is 32.1. The highest BCUT2D eigenvalue weighted by Gasteiger charge is 2.14. The molecule has 6 nitrogen and oxygen atoms in total. The summed E-state index contributed by atoms with van der Waals surface area (Å²) in [7, 11) is 0. The molecule has 2 aromatic rings. The van der Waals surface area contributed by atoms with Gasteiger partial charge in [0.15, 0.2) is 0 Å². The van der Waals surface area contributed by atoms with E-state index in [1.807, 2.05) is 12.3 Å². The van der Waals surface area contributed by atoms with Gasteiger partial charge in [0, 0.05) is 17.3 Å². The summed E-state index contributed by atoms with van der Waals surface area (Å²) in [4.78, 5) is 20.2. The summed E-state index contributed by atoms with van der Waals surface area (Å²) in [6.07, 6.45) is 1.53. The third-order valence-corrected chi connectivity index (χ3v) is 3.53. The highest BCUT2D eigenvalue weighted by Crippen LogP contribution is 2.22. The summed E-state index contributed by atoms with van der Waals surface area (Å²) in [6.45, 7) is 4.51. The van der Waals surface area contributed by atoms with Crippen LogP contribution in [0.4, 0.5) is 11.5 Å². The van der Waals surface area contributed by atoms with Crippen molar-refractivity contribution in [2.75, 3.05) is 17.7 Å². The van der Waals surface area contributed by atoms with Crippen LogP contribution in [-0.2, 0) is 11.3 Å². The van der Waals surface area contributed by atoms with Crippen LogP contribution in [0.2, 0.25) is 0 Å². The predicted molar refractivity (Wildman–Crippen MR) is 78.8 cm³/mol. The molecule has 0 aliphatic carbocycles. The van der Waals surface area contributed by atoms with Crippen LogP contribution in [0.1, 0.15) is 28.0 Å². The van der Waals surface area contributed by atoms with E-state index in [1.54, 1.807) is 24.3 Å². The SMILES string of the molecule is CCOC(=O)c1ccnc(NCc2nc(C)cs2)c1N. The summed E-state index contributed by atoms with van der Waals surface area (Å²) in [5, 5.41) is 5.99. The molecule has 0 saturated carbocycles. The Labute approximate surface area is 121 Å². The van der Waals surface area contributed by atoms with Gasteiger partial charge in [-0.1, -0.05) is 0 Å². The average Bonchev–Trinajstić information content (AvgIpc) is 2.83. The van der Waals surface area contributed by atoms with Crippen molar-refractivity contribution in [1.82, 2.24) is 9.97 Å². The number of nitrogens with two attached hydrogens (primary N) is 1. The van der Waals surface area contributed by atoms with E-state index in [9.17, 15) is 4.79 Å². The number of aryl methyl sites for hydroxylation is 1. The average molecular weight is 292 g/mol. The molecule has 0 aromatic carbocycles.